The first kappa shape index (κ1) is 11.3. The molecule has 0 amide bonds. The molecule has 0 saturated carbocycles. The molecule has 0 aliphatic carbocycles. The predicted octanol–water partition coefficient (Wildman–Crippen LogP) is 3.44. The molecule has 1 fully saturated rings. The van der Waals surface area contributed by atoms with Crippen molar-refractivity contribution in [3.05, 3.63) is 22.7 Å². The van der Waals surface area contributed by atoms with Crippen LogP contribution in [0.4, 0.5) is 0 Å². The van der Waals surface area contributed by atoms with Crippen molar-refractivity contribution in [1.29, 1.82) is 0 Å². The zero-order chi connectivity index (χ0) is 12.0. The SMILES string of the molecule is CC1CCC(n2ccc3c(Cl)nc(Cl)nc32)O1. The van der Waals surface area contributed by atoms with Gasteiger partial charge in [-0.15, -0.1) is 0 Å². The zero-order valence-corrected chi connectivity index (χ0v) is 10.7. The van der Waals surface area contributed by atoms with Crippen LogP contribution in [0.25, 0.3) is 11.0 Å². The summed E-state index contributed by atoms with van der Waals surface area (Å²) in [7, 11) is 0. The van der Waals surface area contributed by atoms with Crippen LogP contribution >= 0.6 is 23.2 Å². The lowest BCUT2D eigenvalue weighted by Crippen LogP contribution is -2.09. The molecule has 0 bridgehead atoms. The molecule has 1 saturated heterocycles. The van der Waals surface area contributed by atoms with Crippen molar-refractivity contribution in [2.45, 2.75) is 32.1 Å². The zero-order valence-electron chi connectivity index (χ0n) is 9.23. The first-order valence-corrected chi connectivity index (χ1v) is 6.26. The van der Waals surface area contributed by atoms with E-state index in [0.29, 0.717) is 5.15 Å². The highest BCUT2D eigenvalue weighted by Crippen LogP contribution is 2.32. The van der Waals surface area contributed by atoms with Crippen molar-refractivity contribution in [3.63, 3.8) is 0 Å². The fourth-order valence-electron chi connectivity index (χ4n) is 2.19. The van der Waals surface area contributed by atoms with Gasteiger partial charge >= 0.3 is 0 Å². The van der Waals surface area contributed by atoms with Gasteiger partial charge in [0.15, 0.2) is 0 Å². The molecule has 2 aromatic rings. The molecule has 1 aliphatic heterocycles. The molecule has 2 aromatic heterocycles. The van der Waals surface area contributed by atoms with E-state index >= 15 is 0 Å². The van der Waals surface area contributed by atoms with E-state index in [1.165, 1.54) is 0 Å². The van der Waals surface area contributed by atoms with Gasteiger partial charge in [0.1, 0.15) is 17.0 Å². The summed E-state index contributed by atoms with van der Waals surface area (Å²) in [6, 6.07) is 1.89. The van der Waals surface area contributed by atoms with Crippen molar-refractivity contribution in [3.8, 4) is 0 Å². The van der Waals surface area contributed by atoms with E-state index in [0.717, 1.165) is 23.9 Å². The topological polar surface area (TPSA) is 39.9 Å². The van der Waals surface area contributed by atoms with Gasteiger partial charge in [-0.2, -0.15) is 4.98 Å². The van der Waals surface area contributed by atoms with Gasteiger partial charge in [-0.3, -0.25) is 0 Å². The fourth-order valence-corrected chi connectivity index (χ4v) is 2.63. The molecule has 17 heavy (non-hydrogen) atoms. The standard InChI is InChI=1S/C11H11Cl2N3O/c1-6-2-3-8(17-6)16-5-4-7-9(12)14-11(13)15-10(7)16/h4-6,8H,2-3H2,1H3. The molecule has 90 valence electrons. The van der Waals surface area contributed by atoms with E-state index in [2.05, 4.69) is 16.9 Å². The molecule has 3 heterocycles. The van der Waals surface area contributed by atoms with Crippen LogP contribution in [-0.4, -0.2) is 20.6 Å². The Kier molecular flexibility index (Phi) is 2.73. The van der Waals surface area contributed by atoms with Gasteiger partial charge in [0.25, 0.3) is 0 Å². The van der Waals surface area contributed by atoms with Gasteiger partial charge in [0.05, 0.1) is 11.5 Å². The third-order valence-electron chi connectivity index (χ3n) is 3.02. The van der Waals surface area contributed by atoms with E-state index in [1.54, 1.807) is 0 Å². The van der Waals surface area contributed by atoms with Crippen molar-refractivity contribution in [2.24, 2.45) is 0 Å². The molecule has 1 aliphatic rings. The van der Waals surface area contributed by atoms with Crippen LogP contribution < -0.4 is 0 Å². The van der Waals surface area contributed by atoms with E-state index < -0.39 is 0 Å². The number of hydrogen-bond donors (Lipinski definition) is 0. The first-order chi connectivity index (χ1) is 8.15. The summed E-state index contributed by atoms with van der Waals surface area (Å²) >= 11 is 11.8. The van der Waals surface area contributed by atoms with Crippen molar-refractivity contribution in [2.75, 3.05) is 0 Å². The molecule has 2 atom stereocenters. The fraction of sp³-hybridized carbons (Fsp3) is 0.455. The lowest BCUT2D eigenvalue weighted by atomic mass is 10.2. The number of rotatable bonds is 1. The molecule has 2 unspecified atom stereocenters. The average Bonchev–Trinajstić information content (AvgIpc) is 2.83. The summed E-state index contributed by atoms with van der Waals surface area (Å²) in [6.07, 6.45) is 4.25. The molecule has 4 nitrogen and oxygen atoms in total. The Morgan fingerprint density at radius 1 is 1.35 bits per heavy atom. The van der Waals surface area contributed by atoms with Crippen LogP contribution in [-0.2, 0) is 4.74 Å². The molecular formula is C11H11Cl2N3O. The quantitative estimate of drug-likeness (QED) is 0.589. The van der Waals surface area contributed by atoms with Gasteiger partial charge in [-0.25, -0.2) is 4.98 Å². The van der Waals surface area contributed by atoms with Crippen molar-refractivity contribution >= 4 is 34.2 Å². The average molecular weight is 272 g/mol. The van der Waals surface area contributed by atoms with Crippen molar-refractivity contribution in [1.82, 2.24) is 14.5 Å². The van der Waals surface area contributed by atoms with Gasteiger partial charge in [0, 0.05) is 6.20 Å². The summed E-state index contributed by atoms with van der Waals surface area (Å²) < 4.78 is 7.78. The second kappa shape index (κ2) is 4.12. The van der Waals surface area contributed by atoms with E-state index in [-0.39, 0.29) is 17.6 Å². The Morgan fingerprint density at radius 2 is 2.18 bits per heavy atom. The van der Waals surface area contributed by atoms with Crippen LogP contribution in [0, 0.1) is 0 Å². The Hall–Kier alpha value is -0.840. The summed E-state index contributed by atoms with van der Waals surface area (Å²) in [5, 5.41) is 1.34. The van der Waals surface area contributed by atoms with Gasteiger partial charge in [0.2, 0.25) is 5.28 Å². The Balaban J connectivity index is 2.11. The number of aromatic nitrogens is 3. The van der Waals surface area contributed by atoms with E-state index in [1.807, 2.05) is 16.8 Å². The molecule has 0 aromatic carbocycles. The number of ether oxygens (including phenoxy) is 1. The Labute approximate surface area is 109 Å². The Bertz CT molecular complexity index is 569. The molecule has 0 radical (unpaired) electrons. The minimum atomic E-state index is 0.0181. The number of fused-ring (bicyclic) bond motifs is 1. The second-order valence-electron chi connectivity index (χ2n) is 4.22. The van der Waals surface area contributed by atoms with Gasteiger partial charge in [-0.1, -0.05) is 11.6 Å². The molecule has 0 spiro atoms. The molecule has 3 rings (SSSR count). The predicted molar refractivity (Wildman–Crippen MR) is 66.4 cm³/mol. The monoisotopic (exact) mass is 271 g/mol. The van der Waals surface area contributed by atoms with Crippen LogP contribution in [0.3, 0.4) is 0 Å². The van der Waals surface area contributed by atoms with Crippen LogP contribution in [0.5, 0.6) is 0 Å². The highest BCUT2D eigenvalue weighted by atomic mass is 35.5. The highest BCUT2D eigenvalue weighted by molar-refractivity contribution is 6.35. The lowest BCUT2D eigenvalue weighted by Gasteiger charge is -2.13. The minimum absolute atomic E-state index is 0.0181. The molecule has 0 N–H and O–H groups in total. The maximum absolute atomic E-state index is 6.02. The lowest BCUT2D eigenvalue weighted by molar-refractivity contribution is 0.0135. The minimum Gasteiger partial charge on any atom is -0.355 e. The van der Waals surface area contributed by atoms with Crippen LogP contribution in [0.2, 0.25) is 10.4 Å². The summed E-state index contributed by atoms with van der Waals surface area (Å²) in [4.78, 5) is 8.14. The molecular weight excluding hydrogens is 261 g/mol. The normalized spacial score (nSPS) is 24.6. The highest BCUT2D eigenvalue weighted by Gasteiger charge is 2.25. The van der Waals surface area contributed by atoms with Gasteiger partial charge in [-0.05, 0) is 37.4 Å². The first-order valence-electron chi connectivity index (χ1n) is 5.50. The third-order valence-corrected chi connectivity index (χ3v) is 3.48. The van der Waals surface area contributed by atoms with E-state index in [4.69, 9.17) is 27.9 Å². The number of halogens is 2. The van der Waals surface area contributed by atoms with Crippen LogP contribution in [0.15, 0.2) is 12.3 Å². The summed E-state index contributed by atoms with van der Waals surface area (Å²) in [5.74, 6) is 0. The summed E-state index contributed by atoms with van der Waals surface area (Å²) in [6.45, 7) is 2.07. The maximum atomic E-state index is 6.02. The van der Waals surface area contributed by atoms with E-state index in [9.17, 15) is 0 Å². The number of hydrogen-bond acceptors (Lipinski definition) is 3. The summed E-state index contributed by atoms with van der Waals surface area (Å²) in [5.41, 5.74) is 0.731. The molecule has 6 heteroatoms. The Morgan fingerprint density at radius 3 is 2.88 bits per heavy atom. The second-order valence-corrected chi connectivity index (χ2v) is 4.92. The number of nitrogens with zero attached hydrogens (tertiary/aromatic N) is 3. The maximum Gasteiger partial charge on any atom is 0.225 e. The third kappa shape index (κ3) is 1.90. The van der Waals surface area contributed by atoms with Crippen molar-refractivity contribution < 1.29 is 4.74 Å². The van der Waals surface area contributed by atoms with Crippen LogP contribution in [0.1, 0.15) is 26.0 Å². The smallest absolute Gasteiger partial charge is 0.225 e. The largest absolute Gasteiger partial charge is 0.355 e. The van der Waals surface area contributed by atoms with Gasteiger partial charge < -0.3 is 9.30 Å².